The number of nitrogens with zero attached hydrogens (tertiary/aromatic N) is 2. The summed E-state index contributed by atoms with van der Waals surface area (Å²) < 4.78 is 7.40. The van der Waals surface area contributed by atoms with E-state index in [1.807, 2.05) is 0 Å². The topological polar surface area (TPSA) is 19.6 Å². The van der Waals surface area contributed by atoms with E-state index in [4.69, 9.17) is 4.42 Å². The van der Waals surface area contributed by atoms with E-state index in [1.165, 1.54) is 96.6 Å². The Labute approximate surface area is 366 Å². The summed E-state index contributed by atoms with van der Waals surface area (Å²) in [6.45, 7) is 28.4. The van der Waals surface area contributed by atoms with Crippen LogP contribution >= 0.6 is 0 Å². The van der Waals surface area contributed by atoms with Gasteiger partial charge in [-0.1, -0.05) is 162 Å². The Balaban J connectivity index is 1.32. The highest BCUT2D eigenvalue weighted by Gasteiger charge is 2.52. The Morgan fingerprint density at radius 1 is 0.787 bits per heavy atom. The van der Waals surface area contributed by atoms with Gasteiger partial charge in [0, 0.05) is 28.0 Å². The van der Waals surface area contributed by atoms with Crippen LogP contribution in [0.15, 0.2) is 130 Å². The van der Waals surface area contributed by atoms with Crippen LogP contribution in [-0.2, 0) is 22.7 Å². The molecule has 2 aliphatic heterocycles. The van der Waals surface area contributed by atoms with Crippen molar-refractivity contribution in [2.45, 2.75) is 137 Å². The maximum atomic E-state index is 7.40. The molecule has 0 amide bonds. The highest BCUT2D eigenvalue weighted by atomic mass is 16.3. The van der Waals surface area contributed by atoms with Crippen molar-refractivity contribution in [3.63, 3.8) is 0 Å². The van der Waals surface area contributed by atoms with E-state index in [1.54, 1.807) is 0 Å². The summed E-state index contributed by atoms with van der Waals surface area (Å²) in [5, 5.41) is 1.23. The van der Waals surface area contributed by atoms with Crippen molar-refractivity contribution >= 4 is 45.9 Å². The third-order valence-corrected chi connectivity index (χ3v) is 14.6. The third-order valence-electron chi connectivity index (χ3n) is 14.6. The lowest BCUT2D eigenvalue weighted by Gasteiger charge is -2.50. The van der Waals surface area contributed by atoms with Gasteiger partial charge in [-0.2, -0.15) is 0 Å². The fraction of sp³-hybridized carbons (Fsp3) is 0.404. The normalized spacial score (nSPS) is 20.9. The first-order chi connectivity index (χ1) is 28.8. The highest BCUT2D eigenvalue weighted by molar-refractivity contribution is 6.94. The van der Waals surface area contributed by atoms with Crippen molar-refractivity contribution in [3.8, 4) is 11.1 Å². The molecule has 10 rings (SSSR count). The molecule has 4 aromatic carbocycles. The highest BCUT2D eigenvalue weighted by Crippen LogP contribution is 2.55. The van der Waals surface area contributed by atoms with Crippen LogP contribution in [0.2, 0.25) is 0 Å². The SMILES string of the molecule is C[C@@H]1C=C2C3=C(C1)N(c1ccc(C(C)(C)C)cc1-c1ccccc1)c1c(ccc4c1C(C)(C)CCC4)B3c1oc3ccc(C(C)(C)C)cc3c1N2C1C=CC(C(C)(C)C)=CC1. The molecule has 0 spiro atoms. The minimum atomic E-state index is -0.0259. The number of furan rings is 1. The number of benzene rings is 4. The summed E-state index contributed by atoms with van der Waals surface area (Å²) in [5.74, 6) is 0.334. The Bertz CT molecular complexity index is 2730. The molecule has 3 aliphatic carbocycles. The number of aryl methyl sites for hydroxylation is 1. The van der Waals surface area contributed by atoms with Gasteiger partial charge in [-0.25, -0.2) is 0 Å². The number of fused-ring (bicyclic) bond motifs is 8. The van der Waals surface area contributed by atoms with E-state index in [-0.39, 0.29) is 34.4 Å². The minimum absolute atomic E-state index is 0.00532. The average molecular weight is 805 g/mol. The fourth-order valence-corrected chi connectivity index (χ4v) is 11.4. The first-order valence-electron chi connectivity index (χ1n) is 23.2. The van der Waals surface area contributed by atoms with E-state index < -0.39 is 0 Å². The maximum absolute atomic E-state index is 7.40. The van der Waals surface area contributed by atoms with E-state index in [9.17, 15) is 0 Å². The van der Waals surface area contributed by atoms with Gasteiger partial charge in [-0.3, -0.25) is 0 Å². The second-order valence-electron chi connectivity index (χ2n) is 22.7. The molecule has 0 saturated heterocycles. The van der Waals surface area contributed by atoms with Crippen LogP contribution in [0.1, 0.15) is 131 Å². The quantitative estimate of drug-likeness (QED) is 0.169. The molecule has 5 aromatic rings. The summed E-state index contributed by atoms with van der Waals surface area (Å²) in [5.41, 5.74) is 21.4. The molecule has 0 fully saturated rings. The van der Waals surface area contributed by atoms with E-state index in [0.717, 1.165) is 30.5 Å². The molecule has 5 aliphatic rings. The van der Waals surface area contributed by atoms with Crippen LogP contribution in [-0.4, -0.2) is 12.8 Å². The minimum Gasteiger partial charge on any atom is -0.468 e. The predicted molar refractivity (Wildman–Crippen MR) is 262 cm³/mol. The van der Waals surface area contributed by atoms with Crippen molar-refractivity contribution in [1.29, 1.82) is 0 Å². The Morgan fingerprint density at radius 3 is 2.20 bits per heavy atom. The van der Waals surface area contributed by atoms with Crippen LogP contribution in [0.5, 0.6) is 0 Å². The summed E-state index contributed by atoms with van der Waals surface area (Å²) in [6.07, 6.45) is 15.4. The second kappa shape index (κ2) is 13.8. The lowest BCUT2D eigenvalue weighted by molar-refractivity contribution is 0.432. The standard InChI is InChI=1S/C57H65BN2O/c1-35-31-46-50-47(32-35)60(45-28-23-39(55(5,6)7)33-42(45)36-17-14-13-15-18-36)52-44(27-20-37-19-16-30-57(11,12)49(37)52)58(50)53-51(43-34-40(56(8,9)10)24-29-48(43)61-53)59(46)41-25-21-38(22-26-41)54(2,3)4/h13-15,17-18,20-25,27-29,31,33-35,41H,16,19,26,30,32H2,1-12H3/t35-,41?/m1/s1. The largest absolute Gasteiger partial charge is 0.468 e. The van der Waals surface area contributed by atoms with Crippen LogP contribution in [0.4, 0.5) is 17.1 Å². The molecule has 1 aromatic heterocycles. The zero-order valence-corrected chi connectivity index (χ0v) is 38.9. The zero-order valence-electron chi connectivity index (χ0n) is 38.9. The Kier molecular flexibility index (Phi) is 9.06. The van der Waals surface area contributed by atoms with Gasteiger partial charge in [0.2, 0.25) is 0 Å². The van der Waals surface area contributed by atoms with Crippen molar-refractivity contribution in [1.82, 2.24) is 0 Å². The van der Waals surface area contributed by atoms with Gasteiger partial charge in [0.1, 0.15) is 5.58 Å². The molecule has 0 N–H and O–H groups in total. The summed E-state index contributed by atoms with van der Waals surface area (Å²) in [4.78, 5) is 5.50. The van der Waals surface area contributed by atoms with Crippen molar-refractivity contribution in [2.24, 2.45) is 11.3 Å². The number of allylic oxidation sites excluding steroid dienone is 5. The van der Waals surface area contributed by atoms with Crippen LogP contribution < -0.4 is 20.9 Å². The molecule has 2 atom stereocenters. The first kappa shape index (κ1) is 40.1. The first-order valence-corrected chi connectivity index (χ1v) is 23.2. The van der Waals surface area contributed by atoms with E-state index in [0.29, 0.717) is 5.92 Å². The molecular formula is C57H65BN2O. The van der Waals surface area contributed by atoms with Crippen LogP contribution in [0.25, 0.3) is 22.1 Å². The predicted octanol–water partition coefficient (Wildman–Crippen LogP) is 13.9. The summed E-state index contributed by atoms with van der Waals surface area (Å²) in [7, 11) is 0. The van der Waals surface area contributed by atoms with Gasteiger partial charge in [0.25, 0.3) is 6.71 Å². The van der Waals surface area contributed by atoms with Gasteiger partial charge in [0.15, 0.2) is 0 Å². The smallest absolute Gasteiger partial charge is 0.296 e. The monoisotopic (exact) mass is 805 g/mol. The molecule has 0 saturated carbocycles. The molecule has 1 unspecified atom stereocenters. The van der Waals surface area contributed by atoms with Gasteiger partial charge < -0.3 is 14.2 Å². The van der Waals surface area contributed by atoms with Gasteiger partial charge in [-0.15, -0.1) is 0 Å². The number of hydrogen-bond donors (Lipinski definition) is 0. The van der Waals surface area contributed by atoms with Crippen molar-refractivity contribution < 1.29 is 4.42 Å². The summed E-state index contributed by atoms with van der Waals surface area (Å²) >= 11 is 0. The maximum Gasteiger partial charge on any atom is 0.296 e. The molecule has 3 heterocycles. The molecule has 0 bridgehead atoms. The van der Waals surface area contributed by atoms with Crippen molar-refractivity contribution in [3.05, 3.63) is 148 Å². The van der Waals surface area contributed by atoms with Crippen molar-refractivity contribution in [2.75, 3.05) is 9.80 Å². The molecule has 312 valence electrons. The molecule has 61 heavy (non-hydrogen) atoms. The zero-order chi connectivity index (χ0) is 43.0. The lowest BCUT2D eigenvalue weighted by atomic mass is 9.33. The Morgan fingerprint density at radius 2 is 1.51 bits per heavy atom. The lowest BCUT2D eigenvalue weighted by Crippen LogP contribution is -2.59. The number of rotatable bonds is 3. The summed E-state index contributed by atoms with van der Waals surface area (Å²) in [6, 6.07) is 30.7. The third kappa shape index (κ3) is 6.44. The molecular weight excluding hydrogens is 739 g/mol. The van der Waals surface area contributed by atoms with E-state index in [2.05, 4.69) is 196 Å². The van der Waals surface area contributed by atoms with Crippen LogP contribution in [0.3, 0.4) is 0 Å². The van der Waals surface area contributed by atoms with Crippen LogP contribution in [0, 0.1) is 11.3 Å². The second-order valence-corrected chi connectivity index (χ2v) is 22.7. The molecule has 3 nitrogen and oxygen atoms in total. The van der Waals surface area contributed by atoms with Gasteiger partial charge >= 0.3 is 0 Å². The number of anilines is 3. The Hall–Kier alpha value is -4.96. The van der Waals surface area contributed by atoms with E-state index >= 15 is 0 Å². The van der Waals surface area contributed by atoms with Gasteiger partial charge in [-0.05, 0) is 128 Å². The molecule has 4 heteroatoms. The average Bonchev–Trinajstić information content (AvgIpc) is 3.58. The number of hydrogen-bond acceptors (Lipinski definition) is 3. The molecule has 0 radical (unpaired) electrons. The van der Waals surface area contributed by atoms with Gasteiger partial charge in [0.05, 0.1) is 23.1 Å². The fourth-order valence-electron chi connectivity index (χ4n) is 11.4.